The largest absolute Gasteiger partial charge is 0.444 e. The maximum atomic E-state index is 12.0. The minimum atomic E-state index is -0.411. The van der Waals surface area contributed by atoms with Gasteiger partial charge in [-0.25, -0.2) is 4.79 Å². The number of carbonyl (C=O) groups excluding carboxylic acids is 1. The Kier molecular flexibility index (Phi) is 4.59. The second kappa shape index (κ2) is 5.90. The minimum Gasteiger partial charge on any atom is -0.444 e. The third kappa shape index (κ3) is 3.85. The molecule has 0 aromatic heterocycles. The van der Waals surface area contributed by atoms with Crippen LogP contribution in [-0.4, -0.2) is 78.8 Å². The summed E-state index contributed by atoms with van der Waals surface area (Å²) in [5.41, 5.74) is -0.411. The van der Waals surface area contributed by atoms with Gasteiger partial charge in [-0.15, -0.1) is 0 Å². The van der Waals surface area contributed by atoms with Gasteiger partial charge >= 0.3 is 6.09 Å². The van der Waals surface area contributed by atoms with Crippen LogP contribution in [0.4, 0.5) is 4.79 Å². The van der Waals surface area contributed by atoms with Crippen LogP contribution >= 0.6 is 0 Å². The molecule has 0 bridgehead atoms. The summed E-state index contributed by atoms with van der Waals surface area (Å²) in [6.07, 6.45) is 1.97. The van der Waals surface area contributed by atoms with Gasteiger partial charge in [-0.1, -0.05) is 0 Å². The zero-order valence-electron chi connectivity index (χ0n) is 13.6. The minimum absolute atomic E-state index is 0.195. The van der Waals surface area contributed by atoms with Gasteiger partial charge in [-0.3, -0.25) is 4.90 Å². The Hall–Kier alpha value is -0.810. The van der Waals surface area contributed by atoms with E-state index in [1.165, 1.54) is 0 Å². The Labute approximate surface area is 122 Å². The molecule has 1 saturated carbocycles. The van der Waals surface area contributed by atoms with E-state index in [9.17, 15) is 4.79 Å². The van der Waals surface area contributed by atoms with Crippen molar-refractivity contribution in [2.75, 3.05) is 40.3 Å². The normalized spacial score (nSPS) is 28.9. The average Bonchev–Trinajstić information content (AvgIpc) is 2.27. The molecule has 0 aromatic rings. The zero-order chi connectivity index (χ0) is 14.9. The van der Waals surface area contributed by atoms with Gasteiger partial charge in [0.25, 0.3) is 0 Å². The maximum absolute atomic E-state index is 12.0. The highest BCUT2D eigenvalue weighted by Gasteiger charge is 2.39. The number of ether oxygens (including phenoxy) is 1. The smallest absolute Gasteiger partial charge is 0.410 e. The molecule has 20 heavy (non-hydrogen) atoms. The van der Waals surface area contributed by atoms with E-state index in [-0.39, 0.29) is 6.09 Å². The number of amides is 1. The maximum Gasteiger partial charge on any atom is 0.410 e. The Morgan fingerprint density at radius 3 is 2.20 bits per heavy atom. The molecule has 5 nitrogen and oxygen atoms in total. The molecule has 0 N–H and O–H groups in total. The predicted molar refractivity (Wildman–Crippen MR) is 79.9 cm³/mol. The molecule has 1 aliphatic carbocycles. The fourth-order valence-corrected chi connectivity index (χ4v) is 2.84. The van der Waals surface area contributed by atoms with Gasteiger partial charge in [0.15, 0.2) is 0 Å². The topological polar surface area (TPSA) is 36.0 Å². The first-order chi connectivity index (χ1) is 9.26. The zero-order valence-corrected chi connectivity index (χ0v) is 13.6. The van der Waals surface area contributed by atoms with E-state index in [1.54, 1.807) is 4.90 Å². The standard InChI is InChI=1S/C15H29N3O2/c1-15(2,3)20-14(19)17(5)12-10-13(11-12)18-8-6-16(4)7-9-18/h12-13H,6-11H2,1-5H3/t12-,13+. The summed E-state index contributed by atoms with van der Waals surface area (Å²) in [7, 11) is 4.04. The summed E-state index contributed by atoms with van der Waals surface area (Å²) in [5.74, 6) is 0. The molecule has 116 valence electrons. The van der Waals surface area contributed by atoms with E-state index in [1.807, 2.05) is 27.8 Å². The van der Waals surface area contributed by atoms with Gasteiger partial charge in [-0.05, 0) is 40.7 Å². The van der Waals surface area contributed by atoms with Crippen LogP contribution in [0.2, 0.25) is 0 Å². The van der Waals surface area contributed by atoms with Crippen LogP contribution in [-0.2, 0) is 4.74 Å². The van der Waals surface area contributed by atoms with E-state index in [4.69, 9.17) is 4.74 Å². The van der Waals surface area contributed by atoms with Crippen molar-refractivity contribution in [2.24, 2.45) is 0 Å². The van der Waals surface area contributed by atoms with Crippen LogP contribution in [0.15, 0.2) is 0 Å². The van der Waals surface area contributed by atoms with Crippen LogP contribution in [0.3, 0.4) is 0 Å². The average molecular weight is 283 g/mol. The summed E-state index contributed by atoms with van der Waals surface area (Å²) in [6.45, 7) is 10.4. The van der Waals surface area contributed by atoms with Gasteiger partial charge < -0.3 is 14.5 Å². The molecule has 5 heteroatoms. The third-order valence-corrected chi connectivity index (χ3v) is 4.37. The van der Waals surface area contributed by atoms with Crippen molar-refractivity contribution in [1.29, 1.82) is 0 Å². The molecule has 1 amide bonds. The van der Waals surface area contributed by atoms with Crippen molar-refractivity contribution >= 4 is 6.09 Å². The van der Waals surface area contributed by atoms with Crippen molar-refractivity contribution in [3.05, 3.63) is 0 Å². The highest BCUT2D eigenvalue weighted by molar-refractivity contribution is 5.68. The lowest BCUT2D eigenvalue weighted by Gasteiger charge is -2.48. The van der Waals surface area contributed by atoms with E-state index in [2.05, 4.69) is 16.8 Å². The van der Waals surface area contributed by atoms with Crippen LogP contribution in [0.1, 0.15) is 33.6 Å². The van der Waals surface area contributed by atoms with Gasteiger partial charge in [0.2, 0.25) is 0 Å². The van der Waals surface area contributed by atoms with Crippen molar-refractivity contribution in [3.63, 3.8) is 0 Å². The number of rotatable bonds is 2. The first-order valence-electron chi connectivity index (χ1n) is 7.64. The summed E-state index contributed by atoms with van der Waals surface area (Å²) in [5, 5.41) is 0. The van der Waals surface area contributed by atoms with Crippen molar-refractivity contribution in [1.82, 2.24) is 14.7 Å². The number of hydrogen-bond donors (Lipinski definition) is 0. The number of likely N-dealkylation sites (N-methyl/N-ethyl adjacent to an activating group) is 1. The molecule has 2 rings (SSSR count). The highest BCUT2D eigenvalue weighted by Crippen LogP contribution is 2.30. The molecule has 1 saturated heterocycles. The Bertz CT molecular complexity index is 340. The highest BCUT2D eigenvalue weighted by atomic mass is 16.6. The van der Waals surface area contributed by atoms with E-state index >= 15 is 0 Å². The first kappa shape index (κ1) is 15.6. The molecule has 0 atom stereocenters. The third-order valence-electron chi connectivity index (χ3n) is 4.37. The lowest BCUT2D eigenvalue weighted by molar-refractivity contribution is -0.0109. The molecule has 1 aliphatic heterocycles. The fourth-order valence-electron chi connectivity index (χ4n) is 2.84. The molecule has 0 radical (unpaired) electrons. The number of carbonyl (C=O) groups is 1. The summed E-state index contributed by atoms with van der Waals surface area (Å²) in [6, 6.07) is 0.994. The van der Waals surface area contributed by atoms with E-state index in [0.29, 0.717) is 12.1 Å². The number of hydrogen-bond acceptors (Lipinski definition) is 4. The van der Waals surface area contributed by atoms with Gasteiger partial charge in [0.1, 0.15) is 5.60 Å². The molecule has 1 heterocycles. The Balaban J connectivity index is 1.74. The van der Waals surface area contributed by atoms with Crippen molar-refractivity contribution < 1.29 is 9.53 Å². The van der Waals surface area contributed by atoms with E-state index < -0.39 is 5.60 Å². The molecular formula is C15H29N3O2. The predicted octanol–water partition coefficient (Wildman–Crippen LogP) is 1.63. The van der Waals surface area contributed by atoms with Crippen LogP contribution in [0.5, 0.6) is 0 Å². The van der Waals surface area contributed by atoms with E-state index in [0.717, 1.165) is 39.0 Å². The summed E-state index contributed by atoms with van der Waals surface area (Å²) in [4.78, 5) is 18.7. The molecule has 0 unspecified atom stereocenters. The van der Waals surface area contributed by atoms with Gasteiger partial charge in [0, 0.05) is 45.3 Å². The van der Waals surface area contributed by atoms with Gasteiger partial charge in [-0.2, -0.15) is 0 Å². The summed E-state index contributed by atoms with van der Waals surface area (Å²) >= 11 is 0. The molecule has 2 aliphatic rings. The molecule has 2 fully saturated rings. The molecule has 0 aromatic carbocycles. The monoisotopic (exact) mass is 283 g/mol. The SMILES string of the molecule is CN1CCN([C@H]2C[C@@H](N(C)C(=O)OC(C)(C)C)C2)CC1. The number of nitrogens with zero attached hydrogens (tertiary/aromatic N) is 3. The second-order valence-corrected chi connectivity index (χ2v) is 7.21. The number of piperazine rings is 1. The summed E-state index contributed by atoms with van der Waals surface area (Å²) < 4.78 is 5.42. The lowest BCUT2D eigenvalue weighted by atomic mass is 9.84. The van der Waals surface area contributed by atoms with Gasteiger partial charge in [0.05, 0.1) is 0 Å². The first-order valence-corrected chi connectivity index (χ1v) is 7.64. The fraction of sp³-hybridized carbons (Fsp3) is 0.933. The Morgan fingerprint density at radius 1 is 1.15 bits per heavy atom. The quantitative estimate of drug-likeness (QED) is 0.772. The van der Waals surface area contributed by atoms with Crippen LogP contribution in [0.25, 0.3) is 0 Å². The molecular weight excluding hydrogens is 254 g/mol. The second-order valence-electron chi connectivity index (χ2n) is 7.21. The van der Waals surface area contributed by atoms with Crippen LogP contribution in [0, 0.1) is 0 Å². The van der Waals surface area contributed by atoms with Crippen molar-refractivity contribution in [3.8, 4) is 0 Å². The Morgan fingerprint density at radius 2 is 1.70 bits per heavy atom. The molecule has 0 spiro atoms. The van der Waals surface area contributed by atoms with Crippen LogP contribution < -0.4 is 0 Å². The lowest BCUT2D eigenvalue weighted by Crippen LogP contribution is -2.58. The van der Waals surface area contributed by atoms with Crippen molar-refractivity contribution in [2.45, 2.75) is 51.3 Å².